The average molecular weight is 219 g/mol. The maximum absolute atomic E-state index is 11.8. The molecule has 84 valence electrons. The Morgan fingerprint density at radius 3 is 2.75 bits per heavy atom. The number of rotatable bonds is 4. The van der Waals surface area contributed by atoms with Gasteiger partial charge in [0.1, 0.15) is 12.4 Å². The van der Waals surface area contributed by atoms with Gasteiger partial charge in [-0.2, -0.15) is 0 Å². The zero-order valence-electron chi connectivity index (χ0n) is 9.10. The Morgan fingerprint density at radius 1 is 1.44 bits per heavy atom. The first kappa shape index (κ1) is 10.7. The van der Waals surface area contributed by atoms with Crippen molar-refractivity contribution in [3.8, 4) is 5.75 Å². The van der Waals surface area contributed by atoms with E-state index < -0.39 is 0 Å². The van der Waals surface area contributed by atoms with E-state index in [0.717, 1.165) is 5.75 Å². The van der Waals surface area contributed by atoms with E-state index in [1.54, 1.807) is 31.4 Å². The van der Waals surface area contributed by atoms with E-state index in [-0.39, 0.29) is 12.2 Å². The lowest BCUT2D eigenvalue weighted by molar-refractivity contribution is 0.0994. The minimum absolute atomic E-state index is 0.0169. The van der Waals surface area contributed by atoms with Gasteiger partial charge < -0.3 is 9.47 Å². The van der Waals surface area contributed by atoms with Gasteiger partial charge in [-0.1, -0.05) is 0 Å². The summed E-state index contributed by atoms with van der Waals surface area (Å²) < 4.78 is 10.2. The maximum Gasteiger partial charge on any atom is 0.191 e. The molecule has 0 bridgehead atoms. The van der Waals surface area contributed by atoms with Crippen LogP contribution in [-0.4, -0.2) is 31.9 Å². The number of Topliss-reactive ketones (excluding diaryl/α,β-unsaturated/α-hetero) is 1. The molecule has 0 aliphatic carbocycles. The molecule has 1 heterocycles. The predicted octanol–water partition coefficient (Wildman–Crippen LogP) is 1.70. The van der Waals surface area contributed by atoms with Crippen molar-refractivity contribution in [2.24, 2.45) is 4.99 Å². The average Bonchev–Trinajstić information content (AvgIpc) is 2.82. The molecule has 0 amide bonds. The van der Waals surface area contributed by atoms with Crippen LogP contribution in [0.2, 0.25) is 0 Å². The van der Waals surface area contributed by atoms with E-state index >= 15 is 0 Å². The van der Waals surface area contributed by atoms with E-state index in [2.05, 4.69) is 4.99 Å². The number of carbonyl (C=O) groups excluding carboxylic acids is 1. The number of ketones is 1. The van der Waals surface area contributed by atoms with Crippen molar-refractivity contribution in [2.75, 3.05) is 20.3 Å². The first-order chi connectivity index (χ1) is 7.79. The molecule has 4 nitrogen and oxygen atoms in total. The van der Waals surface area contributed by atoms with E-state index in [9.17, 15) is 4.79 Å². The van der Waals surface area contributed by atoms with Crippen LogP contribution in [0.25, 0.3) is 0 Å². The largest absolute Gasteiger partial charge is 0.497 e. The molecule has 0 spiro atoms. The highest BCUT2D eigenvalue weighted by Gasteiger charge is 2.14. The van der Waals surface area contributed by atoms with Gasteiger partial charge >= 0.3 is 0 Å². The molecule has 0 atom stereocenters. The number of nitrogens with zero attached hydrogens (tertiary/aromatic N) is 1. The van der Waals surface area contributed by atoms with Crippen molar-refractivity contribution < 1.29 is 14.3 Å². The number of aliphatic imine (C=N–C) groups is 1. The molecule has 0 saturated carbocycles. The molecule has 4 heteroatoms. The third kappa shape index (κ3) is 2.39. The molecule has 0 N–H and O–H groups in total. The lowest BCUT2D eigenvalue weighted by Crippen LogP contribution is -2.08. The van der Waals surface area contributed by atoms with Gasteiger partial charge in [-0.25, -0.2) is 0 Å². The lowest BCUT2D eigenvalue weighted by Gasteiger charge is -2.03. The van der Waals surface area contributed by atoms with Crippen molar-refractivity contribution in [3.63, 3.8) is 0 Å². The second kappa shape index (κ2) is 4.79. The lowest BCUT2D eigenvalue weighted by atomic mass is 10.1. The van der Waals surface area contributed by atoms with Crippen LogP contribution in [0, 0.1) is 0 Å². The van der Waals surface area contributed by atoms with E-state index in [4.69, 9.17) is 9.47 Å². The molecule has 1 aliphatic rings. The predicted molar refractivity (Wildman–Crippen MR) is 60.2 cm³/mol. The van der Waals surface area contributed by atoms with Crippen LogP contribution in [0.3, 0.4) is 0 Å². The SMILES string of the molecule is COc1ccc(C(=O)CC2=NCCO2)cc1. The molecule has 0 saturated heterocycles. The zero-order valence-corrected chi connectivity index (χ0v) is 9.10. The standard InChI is InChI=1S/C12H13NO3/c1-15-10-4-2-9(3-5-10)11(14)8-12-13-6-7-16-12/h2-5H,6-8H2,1H3. The number of methoxy groups -OCH3 is 1. The molecule has 2 rings (SSSR count). The number of carbonyl (C=O) groups is 1. The Bertz CT molecular complexity index is 409. The van der Waals surface area contributed by atoms with Gasteiger partial charge in [-0.05, 0) is 24.3 Å². The van der Waals surface area contributed by atoms with Crippen LogP contribution < -0.4 is 4.74 Å². The summed E-state index contributed by atoms with van der Waals surface area (Å²) in [6.45, 7) is 1.25. The Labute approximate surface area is 93.9 Å². The highest BCUT2D eigenvalue weighted by Crippen LogP contribution is 2.13. The Kier molecular flexibility index (Phi) is 3.19. The smallest absolute Gasteiger partial charge is 0.191 e. The number of benzene rings is 1. The van der Waals surface area contributed by atoms with Gasteiger partial charge in [0.15, 0.2) is 11.7 Å². The second-order valence-corrected chi connectivity index (χ2v) is 3.45. The summed E-state index contributed by atoms with van der Waals surface area (Å²) in [5, 5.41) is 0. The summed E-state index contributed by atoms with van der Waals surface area (Å²) >= 11 is 0. The Morgan fingerprint density at radius 2 is 2.19 bits per heavy atom. The van der Waals surface area contributed by atoms with Crippen LogP contribution in [0.1, 0.15) is 16.8 Å². The van der Waals surface area contributed by atoms with Crippen LogP contribution in [0.5, 0.6) is 5.75 Å². The number of hydrogen-bond donors (Lipinski definition) is 0. The van der Waals surface area contributed by atoms with Crippen LogP contribution in [0.4, 0.5) is 0 Å². The van der Waals surface area contributed by atoms with Crippen LogP contribution >= 0.6 is 0 Å². The molecular weight excluding hydrogens is 206 g/mol. The van der Waals surface area contributed by atoms with Gasteiger partial charge in [-0.15, -0.1) is 0 Å². The summed E-state index contributed by atoms with van der Waals surface area (Å²) in [6, 6.07) is 7.03. The second-order valence-electron chi connectivity index (χ2n) is 3.45. The van der Waals surface area contributed by atoms with Crippen molar-refractivity contribution in [3.05, 3.63) is 29.8 Å². The van der Waals surface area contributed by atoms with Crippen LogP contribution in [-0.2, 0) is 4.74 Å². The van der Waals surface area contributed by atoms with Crippen molar-refractivity contribution in [1.29, 1.82) is 0 Å². The fourth-order valence-corrected chi connectivity index (χ4v) is 1.50. The van der Waals surface area contributed by atoms with Crippen molar-refractivity contribution in [2.45, 2.75) is 6.42 Å². The van der Waals surface area contributed by atoms with Gasteiger partial charge in [0.25, 0.3) is 0 Å². The number of hydrogen-bond acceptors (Lipinski definition) is 4. The monoisotopic (exact) mass is 219 g/mol. The molecule has 0 unspecified atom stereocenters. The molecule has 1 aliphatic heterocycles. The molecule has 0 fully saturated rings. The molecular formula is C12H13NO3. The molecule has 1 aromatic carbocycles. The highest BCUT2D eigenvalue weighted by atomic mass is 16.5. The first-order valence-corrected chi connectivity index (χ1v) is 5.13. The third-order valence-electron chi connectivity index (χ3n) is 2.37. The summed E-state index contributed by atoms with van der Waals surface area (Å²) in [6.07, 6.45) is 0.242. The van der Waals surface area contributed by atoms with E-state index in [1.807, 2.05) is 0 Å². The van der Waals surface area contributed by atoms with Crippen molar-refractivity contribution >= 4 is 11.7 Å². The van der Waals surface area contributed by atoms with E-state index in [0.29, 0.717) is 24.6 Å². The van der Waals surface area contributed by atoms with E-state index in [1.165, 1.54) is 0 Å². The molecule has 0 radical (unpaired) electrons. The van der Waals surface area contributed by atoms with Gasteiger partial charge in [0.2, 0.25) is 0 Å². The van der Waals surface area contributed by atoms with Gasteiger partial charge in [-0.3, -0.25) is 9.79 Å². The van der Waals surface area contributed by atoms with Gasteiger partial charge in [0, 0.05) is 5.56 Å². The van der Waals surface area contributed by atoms with Gasteiger partial charge in [0.05, 0.1) is 20.1 Å². The highest BCUT2D eigenvalue weighted by molar-refractivity contribution is 6.07. The fourth-order valence-electron chi connectivity index (χ4n) is 1.50. The summed E-state index contributed by atoms with van der Waals surface area (Å²) in [7, 11) is 1.60. The zero-order chi connectivity index (χ0) is 11.4. The Balaban J connectivity index is 2.02. The summed E-state index contributed by atoms with van der Waals surface area (Å²) in [5.41, 5.74) is 0.652. The van der Waals surface area contributed by atoms with Crippen LogP contribution in [0.15, 0.2) is 29.3 Å². The molecule has 1 aromatic rings. The Hall–Kier alpha value is -1.84. The first-order valence-electron chi connectivity index (χ1n) is 5.13. The summed E-state index contributed by atoms with van der Waals surface area (Å²) in [5.74, 6) is 1.30. The molecule has 0 aromatic heterocycles. The third-order valence-corrected chi connectivity index (χ3v) is 2.37. The minimum atomic E-state index is 0.0169. The van der Waals surface area contributed by atoms with Crippen molar-refractivity contribution in [1.82, 2.24) is 0 Å². The maximum atomic E-state index is 11.8. The minimum Gasteiger partial charge on any atom is -0.497 e. The molecule has 16 heavy (non-hydrogen) atoms. The topological polar surface area (TPSA) is 47.9 Å². The normalized spacial score (nSPS) is 14.2. The quantitative estimate of drug-likeness (QED) is 0.724. The summed E-state index contributed by atoms with van der Waals surface area (Å²) in [4.78, 5) is 15.9. The fraction of sp³-hybridized carbons (Fsp3) is 0.333. The number of ether oxygens (including phenoxy) is 2.